The van der Waals surface area contributed by atoms with Gasteiger partial charge in [-0.15, -0.1) is 0 Å². The van der Waals surface area contributed by atoms with Gasteiger partial charge in [0.05, 0.1) is 12.7 Å². The third-order valence-electron chi connectivity index (χ3n) is 1.31. The van der Waals surface area contributed by atoms with Gasteiger partial charge in [0, 0.05) is 6.61 Å². The quantitative estimate of drug-likeness (QED) is 0.509. The molecule has 1 heterocycles. The molecule has 0 amide bonds. The average molecular weight is 116 g/mol. The van der Waals surface area contributed by atoms with Crippen molar-refractivity contribution in [1.29, 1.82) is 0 Å². The standard InChI is InChI=1S/C6H12O2/c1-3-7-5(2)6-4-8-6/h5-6H,3-4H2,1-2H3/t5-,6-/m0/s1. The lowest BCUT2D eigenvalue weighted by atomic mass is 10.3. The SMILES string of the molecule is CCO[C@@H](C)[C@@H]1CO1. The fourth-order valence-corrected chi connectivity index (χ4v) is 0.697. The Labute approximate surface area is 49.8 Å². The molecular weight excluding hydrogens is 104 g/mol. The van der Waals surface area contributed by atoms with Crippen LogP contribution in [-0.4, -0.2) is 25.4 Å². The minimum absolute atomic E-state index is 0.306. The Bertz CT molecular complexity index is 68.9. The van der Waals surface area contributed by atoms with Crippen LogP contribution in [0.25, 0.3) is 0 Å². The molecule has 0 N–H and O–H groups in total. The van der Waals surface area contributed by atoms with E-state index >= 15 is 0 Å². The van der Waals surface area contributed by atoms with E-state index < -0.39 is 0 Å². The van der Waals surface area contributed by atoms with E-state index in [0.29, 0.717) is 12.2 Å². The summed E-state index contributed by atoms with van der Waals surface area (Å²) in [7, 11) is 0. The first-order chi connectivity index (χ1) is 3.84. The van der Waals surface area contributed by atoms with Crippen molar-refractivity contribution in [3.63, 3.8) is 0 Å². The molecule has 0 aromatic heterocycles. The summed E-state index contributed by atoms with van der Waals surface area (Å²) >= 11 is 0. The number of ether oxygens (including phenoxy) is 2. The molecule has 8 heavy (non-hydrogen) atoms. The fourth-order valence-electron chi connectivity index (χ4n) is 0.697. The van der Waals surface area contributed by atoms with Gasteiger partial charge in [-0.05, 0) is 13.8 Å². The lowest BCUT2D eigenvalue weighted by Gasteiger charge is -2.05. The van der Waals surface area contributed by atoms with Crippen LogP contribution < -0.4 is 0 Å². The topological polar surface area (TPSA) is 21.8 Å². The molecule has 2 heteroatoms. The van der Waals surface area contributed by atoms with Gasteiger partial charge >= 0.3 is 0 Å². The molecule has 0 radical (unpaired) electrons. The van der Waals surface area contributed by atoms with E-state index in [1.165, 1.54) is 0 Å². The number of hydrogen-bond donors (Lipinski definition) is 0. The summed E-state index contributed by atoms with van der Waals surface area (Å²) in [5.41, 5.74) is 0. The number of rotatable bonds is 3. The third-order valence-corrected chi connectivity index (χ3v) is 1.31. The predicted molar refractivity (Wildman–Crippen MR) is 30.8 cm³/mol. The van der Waals surface area contributed by atoms with Gasteiger partial charge in [-0.2, -0.15) is 0 Å². The van der Waals surface area contributed by atoms with E-state index in [9.17, 15) is 0 Å². The van der Waals surface area contributed by atoms with Crippen molar-refractivity contribution < 1.29 is 9.47 Å². The third kappa shape index (κ3) is 1.46. The lowest BCUT2D eigenvalue weighted by molar-refractivity contribution is 0.0549. The number of hydrogen-bond acceptors (Lipinski definition) is 2. The molecule has 1 rings (SSSR count). The zero-order valence-corrected chi connectivity index (χ0v) is 5.39. The van der Waals surface area contributed by atoms with E-state index in [1.54, 1.807) is 0 Å². The molecule has 0 aromatic rings. The van der Waals surface area contributed by atoms with Crippen LogP contribution in [0.1, 0.15) is 13.8 Å². The molecule has 1 saturated heterocycles. The maximum atomic E-state index is 5.24. The minimum atomic E-state index is 0.306. The van der Waals surface area contributed by atoms with E-state index in [0.717, 1.165) is 13.2 Å². The van der Waals surface area contributed by atoms with Crippen LogP contribution in [0.4, 0.5) is 0 Å². The molecule has 0 spiro atoms. The molecule has 0 aromatic carbocycles. The van der Waals surface area contributed by atoms with Crippen molar-refractivity contribution in [2.75, 3.05) is 13.2 Å². The van der Waals surface area contributed by atoms with Crippen LogP contribution in [-0.2, 0) is 9.47 Å². The normalized spacial score (nSPS) is 30.0. The van der Waals surface area contributed by atoms with E-state index in [4.69, 9.17) is 9.47 Å². The maximum absolute atomic E-state index is 5.24. The first-order valence-electron chi connectivity index (χ1n) is 3.07. The van der Waals surface area contributed by atoms with Gasteiger partial charge < -0.3 is 9.47 Å². The zero-order chi connectivity index (χ0) is 5.98. The molecule has 1 aliphatic rings. The van der Waals surface area contributed by atoms with Gasteiger partial charge in [-0.1, -0.05) is 0 Å². The first kappa shape index (κ1) is 6.05. The second-order valence-corrected chi connectivity index (χ2v) is 2.03. The molecule has 0 unspecified atom stereocenters. The number of epoxide rings is 1. The van der Waals surface area contributed by atoms with Gasteiger partial charge in [0.15, 0.2) is 0 Å². The Balaban J connectivity index is 2.03. The summed E-state index contributed by atoms with van der Waals surface area (Å²) in [6.07, 6.45) is 0.704. The van der Waals surface area contributed by atoms with Crippen molar-refractivity contribution >= 4 is 0 Å². The second kappa shape index (κ2) is 2.46. The molecule has 0 bridgehead atoms. The molecule has 48 valence electrons. The Hall–Kier alpha value is -0.0800. The molecule has 2 nitrogen and oxygen atoms in total. The van der Waals surface area contributed by atoms with Crippen molar-refractivity contribution in [2.45, 2.75) is 26.1 Å². The van der Waals surface area contributed by atoms with Gasteiger partial charge in [-0.25, -0.2) is 0 Å². The highest BCUT2D eigenvalue weighted by Crippen LogP contribution is 2.15. The van der Waals surface area contributed by atoms with Gasteiger partial charge in [0.2, 0.25) is 0 Å². The first-order valence-corrected chi connectivity index (χ1v) is 3.07. The largest absolute Gasteiger partial charge is 0.376 e. The van der Waals surface area contributed by atoms with E-state index in [2.05, 4.69) is 0 Å². The van der Waals surface area contributed by atoms with E-state index in [1.807, 2.05) is 13.8 Å². The second-order valence-electron chi connectivity index (χ2n) is 2.03. The van der Waals surface area contributed by atoms with Crippen LogP contribution >= 0.6 is 0 Å². The molecule has 0 aliphatic carbocycles. The van der Waals surface area contributed by atoms with Crippen LogP contribution in [0.15, 0.2) is 0 Å². The molecule has 1 fully saturated rings. The zero-order valence-electron chi connectivity index (χ0n) is 5.39. The fraction of sp³-hybridized carbons (Fsp3) is 1.00. The van der Waals surface area contributed by atoms with Crippen molar-refractivity contribution in [3.8, 4) is 0 Å². The van der Waals surface area contributed by atoms with Crippen molar-refractivity contribution in [2.24, 2.45) is 0 Å². The van der Waals surface area contributed by atoms with Gasteiger partial charge in [-0.3, -0.25) is 0 Å². The Morgan fingerprint density at radius 1 is 1.88 bits per heavy atom. The summed E-state index contributed by atoms with van der Waals surface area (Å²) in [4.78, 5) is 0. The molecule has 2 atom stereocenters. The Morgan fingerprint density at radius 2 is 2.50 bits per heavy atom. The van der Waals surface area contributed by atoms with Crippen LogP contribution in [0.2, 0.25) is 0 Å². The molecule has 1 aliphatic heterocycles. The maximum Gasteiger partial charge on any atom is 0.107 e. The lowest BCUT2D eigenvalue weighted by Crippen LogP contribution is -2.14. The summed E-state index contributed by atoms with van der Waals surface area (Å²) in [5, 5.41) is 0. The Morgan fingerprint density at radius 3 is 2.88 bits per heavy atom. The Kier molecular flexibility index (Phi) is 1.86. The summed E-state index contributed by atoms with van der Waals surface area (Å²) < 4.78 is 10.2. The highest BCUT2D eigenvalue weighted by molar-refractivity contribution is 4.75. The molecule has 0 saturated carbocycles. The summed E-state index contributed by atoms with van der Waals surface area (Å²) in [6, 6.07) is 0. The minimum Gasteiger partial charge on any atom is -0.376 e. The summed E-state index contributed by atoms with van der Waals surface area (Å²) in [6.45, 7) is 5.72. The van der Waals surface area contributed by atoms with Gasteiger partial charge in [0.25, 0.3) is 0 Å². The average Bonchev–Trinajstić information content (AvgIpc) is 2.45. The van der Waals surface area contributed by atoms with Crippen LogP contribution in [0, 0.1) is 0 Å². The van der Waals surface area contributed by atoms with Crippen LogP contribution in [0.5, 0.6) is 0 Å². The summed E-state index contributed by atoms with van der Waals surface area (Å²) in [5.74, 6) is 0. The monoisotopic (exact) mass is 116 g/mol. The molecular formula is C6H12O2. The van der Waals surface area contributed by atoms with E-state index in [-0.39, 0.29) is 0 Å². The van der Waals surface area contributed by atoms with Crippen molar-refractivity contribution in [3.05, 3.63) is 0 Å². The smallest absolute Gasteiger partial charge is 0.107 e. The highest BCUT2D eigenvalue weighted by atomic mass is 16.6. The van der Waals surface area contributed by atoms with Gasteiger partial charge in [0.1, 0.15) is 6.10 Å². The van der Waals surface area contributed by atoms with Crippen molar-refractivity contribution in [1.82, 2.24) is 0 Å². The highest BCUT2D eigenvalue weighted by Gasteiger charge is 2.29. The predicted octanol–water partition coefficient (Wildman–Crippen LogP) is 0.810. The van der Waals surface area contributed by atoms with Crippen LogP contribution in [0.3, 0.4) is 0 Å².